The zero-order valence-corrected chi connectivity index (χ0v) is 30.0. The molecule has 0 radical (unpaired) electrons. The number of hydrogen-bond acceptors (Lipinski definition) is 3. The molecule has 0 saturated heterocycles. The third kappa shape index (κ3) is 3.83. The lowest BCUT2D eigenvalue weighted by molar-refractivity contribution is 0.0891. The number of benzene rings is 6. The number of para-hydroxylation sites is 2. The summed E-state index contributed by atoms with van der Waals surface area (Å²) in [5, 5.41) is 7.15. The number of ketones is 2. The highest BCUT2D eigenvalue weighted by Gasteiger charge is 2.38. The van der Waals surface area contributed by atoms with Gasteiger partial charge in [-0.1, -0.05) is 60.7 Å². The van der Waals surface area contributed by atoms with Gasteiger partial charge in [-0.2, -0.15) is 0 Å². The molecule has 4 bridgehead atoms. The molecule has 3 heterocycles. The van der Waals surface area contributed by atoms with Crippen molar-refractivity contribution < 1.29 is 14.0 Å². The van der Waals surface area contributed by atoms with E-state index < -0.39 is 0 Å². The zero-order valence-electron chi connectivity index (χ0n) is 30.0. The van der Waals surface area contributed by atoms with E-state index in [4.69, 9.17) is 4.42 Å². The maximum Gasteiger partial charge on any atom is 0.166 e. The standard InChI is InChI=1S/C50H37NO3/c52-48-30-16-12-28(13-17-30)36-22-38-40-20-32(26-8-10-27(11-9-26)33-5-3-6-35-34-4-1-2-7-46(34)54-50(33)35)21-41-39-23-37-29-14-18-31(19-15-29)49(53)43(37)25-45(39)51(47(40)41)44(38)24-42(36)48/h1-11,20-25,28-31H,12-19H2. The van der Waals surface area contributed by atoms with E-state index >= 15 is 0 Å². The Balaban J connectivity index is 1.06. The normalized spacial score (nSPS) is 22.3. The summed E-state index contributed by atoms with van der Waals surface area (Å²) in [6.45, 7) is 0. The Kier molecular flexibility index (Phi) is 5.76. The average molecular weight is 700 g/mol. The largest absolute Gasteiger partial charge is 0.455 e. The van der Waals surface area contributed by atoms with Gasteiger partial charge in [-0.15, -0.1) is 0 Å². The van der Waals surface area contributed by atoms with Gasteiger partial charge < -0.3 is 8.82 Å². The maximum atomic E-state index is 14.0. The fourth-order valence-electron chi connectivity index (χ4n) is 11.5. The first kappa shape index (κ1) is 29.7. The van der Waals surface area contributed by atoms with Crippen LogP contribution in [-0.4, -0.2) is 16.0 Å². The number of fused-ring (bicyclic) bond motifs is 13. The summed E-state index contributed by atoms with van der Waals surface area (Å²) >= 11 is 0. The topological polar surface area (TPSA) is 51.7 Å². The van der Waals surface area contributed by atoms with Crippen molar-refractivity contribution in [2.45, 2.75) is 63.2 Å². The molecule has 0 atom stereocenters. The molecule has 6 aliphatic rings. The van der Waals surface area contributed by atoms with Crippen molar-refractivity contribution in [3.63, 3.8) is 0 Å². The predicted molar refractivity (Wildman–Crippen MR) is 217 cm³/mol. The summed E-state index contributed by atoms with van der Waals surface area (Å²) in [4.78, 5) is 28.0. The van der Waals surface area contributed by atoms with Crippen LogP contribution in [0.2, 0.25) is 0 Å². The zero-order chi connectivity index (χ0) is 35.4. The number of Topliss-reactive ketones (excluding diaryl/α,β-unsaturated/α-hetero) is 2. The van der Waals surface area contributed by atoms with Crippen molar-refractivity contribution in [1.82, 2.24) is 4.40 Å². The first-order valence-corrected chi connectivity index (χ1v) is 20.0. The molecule has 15 rings (SSSR count). The van der Waals surface area contributed by atoms with Crippen LogP contribution >= 0.6 is 0 Å². The van der Waals surface area contributed by atoms with Gasteiger partial charge in [-0.3, -0.25) is 9.59 Å². The third-order valence-corrected chi connectivity index (χ3v) is 14.3. The van der Waals surface area contributed by atoms with Gasteiger partial charge in [0.05, 0.1) is 16.6 Å². The van der Waals surface area contributed by atoms with E-state index in [0.29, 0.717) is 23.4 Å². The SMILES string of the molecule is O=C1c2cc3c(cc2C2CCC1CC2)c1cc(-c2ccc(-c4cccc5c4oc4ccccc45)cc2)cc2c4cc5c(cc4n3c12)C(=O)C1CCC5CC1. The van der Waals surface area contributed by atoms with Crippen molar-refractivity contribution in [2.75, 3.05) is 0 Å². The minimum atomic E-state index is 0.142. The Morgan fingerprint density at radius 1 is 0.444 bits per heavy atom. The number of hydrogen-bond donors (Lipinski definition) is 0. The van der Waals surface area contributed by atoms with Crippen LogP contribution in [0.4, 0.5) is 0 Å². The molecule has 0 N–H and O–H groups in total. The van der Waals surface area contributed by atoms with Crippen molar-refractivity contribution in [3.05, 3.63) is 125 Å². The summed E-state index contributed by atoms with van der Waals surface area (Å²) in [6, 6.07) is 37.6. The van der Waals surface area contributed by atoms with Gasteiger partial charge in [-0.05, 0) is 133 Å². The number of carbonyl (C=O) groups is 2. The van der Waals surface area contributed by atoms with Crippen LogP contribution in [-0.2, 0) is 0 Å². The van der Waals surface area contributed by atoms with E-state index in [9.17, 15) is 9.59 Å². The first-order valence-electron chi connectivity index (χ1n) is 20.0. The Labute approximate surface area is 311 Å². The minimum Gasteiger partial charge on any atom is -0.455 e. The molecule has 0 amide bonds. The van der Waals surface area contributed by atoms with Crippen LogP contribution < -0.4 is 0 Å². The van der Waals surface area contributed by atoms with E-state index in [1.54, 1.807) is 0 Å². The molecule has 6 aromatic carbocycles. The highest BCUT2D eigenvalue weighted by molar-refractivity contribution is 6.26. The lowest BCUT2D eigenvalue weighted by atomic mass is 9.82. The van der Waals surface area contributed by atoms with Crippen molar-refractivity contribution >= 4 is 71.6 Å². The Bertz CT molecular complexity index is 2980. The fraction of sp³-hybridized carbons (Fsp3) is 0.240. The second-order valence-corrected chi connectivity index (χ2v) is 16.9. The number of aromatic nitrogens is 1. The van der Waals surface area contributed by atoms with Gasteiger partial charge >= 0.3 is 0 Å². The maximum absolute atomic E-state index is 14.0. The van der Waals surface area contributed by atoms with Gasteiger partial charge in [0.15, 0.2) is 11.6 Å². The van der Waals surface area contributed by atoms with E-state index in [1.807, 2.05) is 12.1 Å². The smallest absolute Gasteiger partial charge is 0.166 e. The van der Waals surface area contributed by atoms with E-state index in [1.165, 1.54) is 43.8 Å². The quantitative estimate of drug-likeness (QED) is 0.180. The third-order valence-electron chi connectivity index (χ3n) is 14.3. The monoisotopic (exact) mass is 699 g/mol. The van der Waals surface area contributed by atoms with Crippen molar-refractivity contribution in [3.8, 4) is 22.3 Å². The summed E-state index contributed by atoms with van der Waals surface area (Å²) in [6.07, 6.45) is 8.37. The number of rotatable bonds is 2. The summed E-state index contributed by atoms with van der Waals surface area (Å²) < 4.78 is 8.80. The van der Waals surface area contributed by atoms with Crippen LogP contribution in [0, 0.1) is 11.8 Å². The lowest BCUT2D eigenvalue weighted by Gasteiger charge is -2.22. The van der Waals surface area contributed by atoms with Gasteiger partial charge in [0.1, 0.15) is 11.2 Å². The number of furan rings is 1. The van der Waals surface area contributed by atoms with Crippen molar-refractivity contribution in [2.24, 2.45) is 11.8 Å². The van der Waals surface area contributed by atoms with Gasteiger partial charge in [0, 0.05) is 60.8 Å². The van der Waals surface area contributed by atoms with Gasteiger partial charge in [0.25, 0.3) is 0 Å². The van der Waals surface area contributed by atoms with Crippen LogP contribution in [0.25, 0.3) is 82.3 Å². The van der Waals surface area contributed by atoms with E-state index in [-0.39, 0.29) is 11.8 Å². The first-order chi connectivity index (χ1) is 26.6. The van der Waals surface area contributed by atoms with Gasteiger partial charge in [0.2, 0.25) is 0 Å². The summed E-state index contributed by atoms with van der Waals surface area (Å²) in [5.74, 6) is 1.82. The second-order valence-electron chi connectivity index (χ2n) is 16.9. The molecule has 0 aliphatic heterocycles. The molecule has 4 heteroatoms. The molecular formula is C50H37NO3. The van der Waals surface area contributed by atoms with Crippen LogP contribution in [0.15, 0.2) is 108 Å². The molecule has 4 nitrogen and oxygen atoms in total. The lowest BCUT2D eigenvalue weighted by Crippen LogP contribution is -2.15. The highest BCUT2D eigenvalue weighted by atomic mass is 16.3. The average Bonchev–Trinajstić information content (AvgIpc) is 3.76. The number of carbonyl (C=O) groups excluding carboxylic acids is 2. The predicted octanol–water partition coefficient (Wildman–Crippen LogP) is 13.0. The highest BCUT2D eigenvalue weighted by Crippen LogP contribution is 2.50. The van der Waals surface area contributed by atoms with E-state index in [0.717, 1.165) is 112 Å². The van der Waals surface area contributed by atoms with Crippen LogP contribution in [0.5, 0.6) is 0 Å². The fourth-order valence-corrected chi connectivity index (χ4v) is 11.5. The number of nitrogens with zero attached hydrogens (tertiary/aromatic N) is 1. The van der Waals surface area contributed by atoms with Gasteiger partial charge in [-0.25, -0.2) is 0 Å². The molecule has 3 aromatic heterocycles. The van der Waals surface area contributed by atoms with E-state index in [2.05, 4.69) is 95.4 Å². The molecule has 2 saturated carbocycles. The summed E-state index contributed by atoms with van der Waals surface area (Å²) in [5.41, 5.74) is 14.1. The Morgan fingerprint density at radius 2 is 0.981 bits per heavy atom. The molecule has 9 aromatic rings. The Morgan fingerprint density at radius 3 is 1.59 bits per heavy atom. The second kappa shape index (κ2) is 10.5. The minimum absolute atomic E-state index is 0.142. The molecule has 6 aliphatic carbocycles. The molecule has 2 fully saturated rings. The van der Waals surface area contributed by atoms with Crippen LogP contribution in [0.1, 0.15) is 95.0 Å². The molecule has 0 unspecified atom stereocenters. The summed E-state index contributed by atoms with van der Waals surface area (Å²) in [7, 11) is 0. The Hall–Kier alpha value is -5.74. The molecule has 0 spiro atoms. The van der Waals surface area contributed by atoms with Crippen molar-refractivity contribution in [1.29, 1.82) is 0 Å². The molecule has 54 heavy (non-hydrogen) atoms. The van der Waals surface area contributed by atoms with Crippen LogP contribution in [0.3, 0.4) is 0 Å². The molecule has 260 valence electrons. The molecular weight excluding hydrogens is 663 g/mol.